The average molecular weight is 445 g/mol. The van der Waals surface area contributed by atoms with Crippen molar-refractivity contribution >= 4 is 55.9 Å². The Balaban J connectivity index is 1.35. The zero-order valence-corrected chi connectivity index (χ0v) is 18.3. The monoisotopic (exact) mass is 444 g/mol. The van der Waals surface area contributed by atoms with E-state index in [1.165, 1.54) is 11.3 Å². The molecule has 4 aromatic rings. The third-order valence-corrected chi connectivity index (χ3v) is 6.62. The number of carbonyl (C=O) groups excluding carboxylic acids is 3. The van der Waals surface area contributed by atoms with E-state index in [1.807, 2.05) is 61.5 Å². The van der Waals surface area contributed by atoms with E-state index in [0.29, 0.717) is 11.3 Å². The van der Waals surface area contributed by atoms with Gasteiger partial charge >= 0.3 is 6.03 Å². The van der Waals surface area contributed by atoms with Crippen LogP contribution in [0.4, 0.5) is 10.5 Å². The van der Waals surface area contributed by atoms with Gasteiger partial charge in [-0.25, -0.2) is 9.78 Å². The Morgan fingerprint density at radius 2 is 1.88 bits per heavy atom. The number of urea groups is 1. The maximum Gasteiger partial charge on any atom is 0.325 e. The molecule has 1 saturated heterocycles. The summed E-state index contributed by atoms with van der Waals surface area (Å²) < 4.78 is 0.958. The Morgan fingerprint density at radius 3 is 2.69 bits per heavy atom. The number of fused-ring (bicyclic) bond motifs is 2. The molecule has 3 aromatic carbocycles. The highest BCUT2D eigenvalue weighted by Gasteiger charge is 2.49. The zero-order chi connectivity index (χ0) is 22.5. The first-order valence-electron chi connectivity index (χ1n) is 10.1. The van der Waals surface area contributed by atoms with Crippen LogP contribution >= 0.6 is 11.3 Å². The molecule has 0 aliphatic carbocycles. The number of aryl methyl sites for hydroxylation is 1. The van der Waals surface area contributed by atoms with Gasteiger partial charge in [-0.3, -0.25) is 14.5 Å². The van der Waals surface area contributed by atoms with Gasteiger partial charge in [0.15, 0.2) is 0 Å². The summed E-state index contributed by atoms with van der Waals surface area (Å²) in [5.74, 6) is -0.904. The summed E-state index contributed by atoms with van der Waals surface area (Å²) >= 11 is 1.53. The van der Waals surface area contributed by atoms with Crippen molar-refractivity contribution in [2.75, 3.05) is 11.9 Å². The van der Waals surface area contributed by atoms with Crippen LogP contribution < -0.4 is 10.6 Å². The summed E-state index contributed by atoms with van der Waals surface area (Å²) in [6.07, 6.45) is 0. The van der Waals surface area contributed by atoms with Crippen molar-refractivity contribution in [2.45, 2.75) is 19.4 Å². The molecule has 0 spiro atoms. The Bertz CT molecular complexity index is 1410. The van der Waals surface area contributed by atoms with Crippen molar-refractivity contribution < 1.29 is 14.4 Å². The third kappa shape index (κ3) is 3.38. The Kier molecular flexibility index (Phi) is 4.67. The lowest BCUT2D eigenvalue weighted by molar-refractivity contribution is -0.133. The molecule has 0 saturated carbocycles. The quantitative estimate of drug-likeness (QED) is 0.462. The second-order valence-corrected chi connectivity index (χ2v) is 9.21. The minimum absolute atomic E-state index is 0.367. The number of hydrogen-bond acceptors (Lipinski definition) is 5. The number of aromatic nitrogens is 1. The molecule has 5 rings (SSSR count). The van der Waals surface area contributed by atoms with Gasteiger partial charge in [0.05, 0.1) is 15.2 Å². The second-order valence-electron chi connectivity index (χ2n) is 7.97. The average Bonchev–Trinajstić information content (AvgIpc) is 3.24. The number of hydrogen-bond donors (Lipinski definition) is 2. The van der Waals surface area contributed by atoms with Gasteiger partial charge in [-0.05, 0) is 54.4 Å². The fraction of sp³-hybridized carbons (Fsp3) is 0.167. The number of thiazole rings is 1. The van der Waals surface area contributed by atoms with E-state index in [9.17, 15) is 14.4 Å². The molecular weight excluding hydrogens is 424 g/mol. The van der Waals surface area contributed by atoms with Crippen LogP contribution in [0.2, 0.25) is 0 Å². The van der Waals surface area contributed by atoms with E-state index < -0.39 is 23.4 Å². The minimum atomic E-state index is -1.24. The van der Waals surface area contributed by atoms with E-state index in [0.717, 1.165) is 30.9 Å². The number of rotatable bonds is 4. The van der Waals surface area contributed by atoms with E-state index in [1.54, 1.807) is 13.0 Å². The SMILES string of the molecule is Cc1nc2ccc(NC(=O)CN3C(=O)N[C@@](C)(c4ccc5ccccc5c4)C3=O)cc2s1. The van der Waals surface area contributed by atoms with Gasteiger partial charge < -0.3 is 10.6 Å². The molecule has 1 aliphatic heterocycles. The van der Waals surface area contributed by atoms with Crippen molar-refractivity contribution in [3.63, 3.8) is 0 Å². The molecule has 0 bridgehead atoms. The van der Waals surface area contributed by atoms with Crippen molar-refractivity contribution in [1.29, 1.82) is 0 Å². The molecule has 4 amide bonds. The maximum atomic E-state index is 13.2. The number of nitrogens with one attached hydrogen (secondary N) is 2. The molecule has 0 radical (unpaired) electrons. The summed E-state index contributed by atoms with van der Waals surface area (Å²) in [6, 6.07) is 18.3. The van der Waals surface area contributed by atoms with Gasteiger partial charge in [0.2, 0.25) is 5.91 Å². The molecule has 0 unspecified atom stereocenters. The van der Waals surface area contributed by atoms with Crippen LogP contribution in [0.1, 0.15) is 17.5 Å². The number of carbonyl (C=O) groups is 3. The van der Waals surface area contributed by atoms with Gasteiger partial charge in [0, 0.05) is 5.69 Å². The highest BCUT2D eigenvalue weighted by molar-refractivity contribution is 7.18. The molecule has 1 fully saturated rings. The van der Waals surface area contributed by atoms with Gasteiger partial charge in [0.25, 0.3) is 5.91 Å². The van der Waals surface area contributed by atoms with Crippen LogP contribution in [0, 0.1) is 6.92 Å². The molecule has 1 aliphatic rings. The van der Waals surface area contributed by atoms with Gasteiger partial charge in [-0.15, -0.1) is 11.3 Å². The fourth-order valence-corrected chi connectivity index (χ4v) is 4.86. The summed E-state index contributed by atoms with van der Waals surface area (Å²) in [4.78, 5) is 43.8. The van der Waals surface area contributed by atoms with Crippen LogP contribution in [0.3, 0.4) is 0 Å². The maximum absolute atomic E-state index is 13.2. The molecule has 32 heavy (non-hydrogen) atoms. The molecular formula is C24H20N4O3S. The summed E-state index contributed by atoms with van der Waals surface area (Å²) in [6.45, 7) is 3.22. The predicted octanol–water partition coefficient (Wildman–Crippen LogP) is 4.16. The molecule has 8 heteroatoms. The smallest absolute Gasteiger partial charge is 0.324 e. The van der Waals surface area contributed by atoms with Crippen molar-refractivity contribution in [3.8, 4) is 0 Å². The van der Waals surface area contributed by atoms with Crippen LogP contribution in [0.5, 0.6) is 0 Å². The van der Waals surface area contributed by atoms with Crippen LogP contribution in [-0.2, 0) is 15.1 Å². The first kappa shape index (κ1) is 20.1. The lowest BCUT2D eigenvalue weighted by Crippen LogP contribution is -2.42. The first-order chi connectivity index (χ1) is 15.3. The van der Waals surface area contributed by atoms with Gasteiger partial charge in [-0.2, -0.15) is 0 Å². The topological polar surface area (TPSA) is 91.4 Å². The number of benzene rings is 3. The highest BCUT2D eigenvalue weighted by Crippen LogP contribution is 2.31. The normalized spacial score (nSPS) is 18.4. The number of amides is 4. The highest BCUT2D eigenvalue weighted by atomic mass is 32.1. The van der Waals surface area contributed by atoms with Gasteiger partial charge in [0.1, 0.15) is 12.1 Å². The fourth-order valence-electron chi connectivity index (χ4n) is 4.00. The molecule has 1 atom stereocenters. The second kappa shape index (κ2) is 7.42. The number of anilines is 1. The Morgan fingerprint density at radius 1 is 1.09 bits per heavy atom. The number of imide groups is 1. The number of nitrogens with zero attached hydrogens (tertiary/aromatic N) is 2. The summed E-state index contributed by atoms with van der Waals surface area (Å²) in [5.41, 5.74) is 0.894. The summed E-state index contributed by atoms with van der Waals surface area (Å²) in [7, 11) is 0. The van der Waals surface area contributed by atoms with E-state index in [-0.39, 0.29) is 6.54 Å². The Hall–Kier alpha value is -3.78. The molecule has 1 aromatic heterocycles. The van der Waals surface area contributed by atoms with Gasteiger partial charge in [-0.1, -0.05) is 36.4 Å². The lowest BCUT2D eigenvalue weighted by Gasteiger charge is -2.22. The molecule has 2 N–H and O–H groups in total. The predicted molar refractivity (Wildman–Crippen MR) is 125 cm³/mol. The Labute approximate surface area is 188 Å². The third-order valence-electron chi connectivity index (χ3n) is 5.68. The van der Waals surface area contributed by atoms with E-state index in [2.05, 4.69) is 15.6 Å². The molecule has 2 heterocycles. The largest absolute Gasteiger partial charge is 0.325 e. The summed E-state index contributed by atoms with van der Waals surface area (Å²) in [5, 5.41) is 8.48. The van der Waals surface area contributed by atoms with Crippen LogP contribution in [-0.4, -0.2) is 34.3 Å². The lowest BCUT2D eigenvalue weighted by atomic mass is 9.90. The zero-order valence-electron chi connectivity index (χ0n) is 17.5. The standard InChI is InChI=1S/C24H20N4O3S/c1-14-25-19-10-9-18(12-20(19)32-14)26-21(29)13-28-22(30)24(2,27-23(28)31)17-8-7-15-5-3-4-6-16(15)11-17/h3-12H,13H2,1-2H3,(H,26,29)(H,27,31)/t24-/m0/s1. The van der Waals surface area contributed by atoms with Crippen molar-refractivity contribution in [1.82, 2.24) is 15.2 Å². The molecule has 160 valence electrons. The van der Waals surface area contributed by atoms with Crippen LogP contribution in [0.15, 0.2) is 60.7 Å². The first-order valence-corrected chi connectivity index (χ1v) is 11.0. The van der Waals surface area contributed by atoms with E-state index in [4.69, 9.17) is 0 Å². The van der Waals surface area contributed by atoms with Crippen molar-refractivity contribution in [2.24, 2.45) is 0 Å². The molecule has 7 nitrogen and oxygen atoms in total. The minimum Gasteiger partial charge on any atom is -0.324 e. The van der Waals surface area contributed by atoms with Crippen molar-refractivity contribution in [3.05, 3.63) is 71.2 Å². The van der Waals surface area contributed by atoms with Crippen LogP contribution in [0.25, 0.3) is 21.0 Å². The van der Waals surface area contributed by atoms with E-state index >= 15 is 0 Å².